The molecule has 3 amide bonds. The van der Waals surface area contributed by atoms with Gasteiger partial charge in [-0.2, -0.15) is 0 Å². The lowest BCUT2D eigenvalue weighted by Gasteiger charge is -2.28. The molecule has 2 aromatic carbocycles. The molecule has 0 bridgehead atoms. The third-order valence-corrected chi connectivity index (χ3v) is 7.39. The van der Waals surface area contributed by atoms with Gasteiger partial charge in [0.15, 0.2) is 0 Å². The molecule has 170 valence electrons. The molecule has 1 atom stereocenters. The van der Waals surface area contributed by atoms with Gasteiger partial charge in [-0.1, -0.05) is 42.0 Å². The van der Waals surface area contributed by atoms with Crippen molar-refractivity contribution in [2.75, 3.05) is 13.6 Å². The molecule has 0 unspecified atom stereocenters. The van der Waals surface area contributed by atoms with E-state index in [-0.39, 0.29) is 48.2 Å². The molecule has 0 saturated carbocycles. The predicted molar refractivity (Wildman–Crippen MR) is 119 cm³/mol. The number of aryl methyl sites for hydroxylation is 1. The highest BCUT2D eigenvalue weighted by Crippen LogP contribution is 2.30. The zero-order valence-corrected chi connectivity index (χ0v) is 19.2. The standard InChI is InChI=1S/C23H27N3O5S/c1-16-10-12-18(13-11-16)15-25(17(2)22(28)24-3)21(27)9-6-14-26-23(29)19-7-4-5-8-20(19)32(26,30)31/h4-5,7-8,10-13,17H,6,9,14-15H2,1-3H3,(H,24,28)/t17-/m0/s1. The fourth-order valence-corrected chi connectivity index (χ4v) is 5.26. The Kier molecular flexibility index (Phi) is 6.98. The van der Waals surface area contributed by atoms with Crippen LogP contribution >= 0.6 is 0 Å². The van der Waals surface area contributed by atoms with Crippen LogP contribution in [0.3, 0.4) is 0 Å². The highest BCUT2D eigenvalue weighted by atomic mass is 32.2. The Hall–Kier alpha value is -3.20. The number of amides is 3. The van der Waals surface area contributed by atoms with Crippen molar-refractivity contribution in [1.29, 1.82) is 0 Å². The smallest absolute Gasteiger partial charge is 0.269 e. The van der Waals surface area contributed by atoms with Crippen LogP contribution in [0.25, 0.3) is 0 Å². The van der Waals surface area contributed by atoms with Crippen molar-refractivity contribution in [1.82, 2.24) is 14.5 Å². The van der Waals surface area contributed by atoms with E-state index in [1.807, 2.05) is 31.2 Å². The molecule has 3 rings (SSSR count). The van der Waals surface area contributed by atoms with E-state index in [1.54, 1.807) is 19.1 Å². The molecular weight excluding hydrogens is 430 g/mol. The van der Waals surface area contributed by atoms with Gasteiger partial charge in [0.05, 0.1) is 5.56 Å². The summed E-state index contributed by atoms with van der Waals surface area (Å²) in [6.45, 7) is 3.76. The maximum absolute atomic E-state index is 13.0. The van der Waals surface area contributed by atoms with Crippen molar-refractivity contribution in [2.24, 2.45) is 0 Å². The molecule has 0 aliphatic carbocycles. The Morgan fingerprint density at radius 3 is 2.38 bits per heavy atom. The topological polar surface area (TPSA) is 104 Å². The Bertz CT molecular complexity index is 1130. The molecule has 0 aromatic heterocycles. The van der Waals surface area contributed by atoms with Crippen LogP contribution in [-0.4, -0.2) is 55.0 Å². The number of benzene rings is 2. The van der Waals surface area contributed by atoms with Gasteiger partial charge in [-0.25, -0.2) is 12.7 Å². The van der Waals surface area contributed by atoms with E-state index in [0.29, 0.717) is 0 Å². The average molecular weight is 458 g/mol. The first-order valence-corrected chi connectivity index (χ1v) is 11.8. The summed E-state index contributed by atoms with van der Waals surface area (Å²) >= 11 is 0. The van der Waals surface area contributed by atoms with Crippen molar-refractivity contribution in [3.63, 3.8) is 0 Å². The third-order valence-electron chi connectivity index (χ3n) is 5.55. The van der Waals surface area contributed by atoms with Gasteiger partial charge in [-0.15, -0.1) is 0 Å². The normalized spacial score (nSPS) is 15.2. The number of nitrogens with zero attached hydrogens (tertiary/aromatic N) is 2. The molecule has 1 aliphatic heterocycles. The van der Waals surface area contributed by atoms with Crippen LogP contribution in [0.4, 0.5) is 0 Å². The zero-order chi connectivity index (χ0) is 23.5. The van der Waals surface area contributed by atoms with Crippen LogP contribution in [0.1, 0.15) is 41.3 Å². The van der Waals surface area contributed by atoms with Gasteiger partial charge in [0, 0.05) is 26.6 Å². The molecule has 9 heteroatoms. The van der Waals surface area contributed by atoms with Gasteiger partial charge >= 0.3 is 0 Å². The molecule has 0 spiro atoms. The van der Waals surface area contributed by atoms with Crippen LogP contribution < -0.4 is 5.32 Å². The van der Waals surface area contributed by atoms with Crippen molar-refractivity contribution in [2.45, 2.75) is 44.2 Å². The molecule has 0 fully saturated rings. The number of nitrogens with one attached hydrogen (secondary N) is 1. The maximum atomic E-state index is 13.0. The highest BCUT2D eigenvalue weighted by Gasteiger charge is 2.40. The number of sulfonamides is 1. The second kappa shape index (κ2) is 9.52. The Morgan fingerprint density at radius 2 is 1.75 bits per heavy atom. The van der Waals surface area contributed by atoms with Gasteiger partial charge in [-0.3, -0.25) is 14.4 Å². The quantitative estimate of drug-likeness (QED) is 0.654. The molecular formula is C23H27N3O5S. The Labute approximate surface area is 188 Å². The number of rotatable bonds is 8. The van der Waals surface area contributed by atoms with Crippen LogP contribution in [0, 0.1) is 6.92 Å². The third kappa shape index (κ3) is 4.67. The second-order valence-corrected chi connectivity index (χ2v) is 9.61. The summed E-state index contributed by atoms with van der Waals surface area (Å²) in [6.07, 6.45) is 0.158. The van der Waals surface area contributed by atoms with Crippen molar-refractivity contribution in [3.8, 4) is 0 Å². The van der Waals surface area contributed by atoms with E-state index in [4.69, 9.17) is 0 Å². The maximum Gasteiger partial charge on any atom is 0.269 e. The van der Waals surface area contributed by atoms with E-state index >= 15 is 0 Å². The summed E-state index contributed by atoms with van der Waals surface area (Å²) in [6, 6.07) is 13.0. The summed E-state index contributed by atoms with van der Waals surface area (Å²) in [5, 5.41) is 2.56. The summed E-state index contributed by atoms with van der Waals surface area (Å²) in [5.41, 5.74) is 2.11. The zero-order valence-electron chi connectivity index (χ0n) is 18.4. The SMILES string of the molecule is CNC(=O)[C@H](C)N(Cc1ccc(C)cc1)C(=O)CCCN1C(=O)c2ccccc2S1(=O)=O. The first-order chi connectivity index (χ1) is 15.2. The minimum absolute atomic E-state index is 0.00282. The number of likely N-dealkylation sites (N-methyl/N-ethyl adjacent to an activating group) is 1. The molecule has 8 nitrogen and oxygen atoms in total. The summed E-state index contributed by atoms with van der Waals surface area (Å²) in [5.74, 6) is -1.16. The molecule has 2 aromatic rings. The number of carbonyl (C=O) groups excluding carboxylic acids is 3. The van der Waals surface area contributed by atoms with Gasteiger partial charge in [0.1, 0.15) is 10.9 Å². The number of carbonyl (C=O) groups is 3. The average Bonchev–Trinajstić information content (AvgIpc) is 2.98. The lowest BCUT2D eigenvalue weighted by atomic mass is 10.1. The molecule has 32 heavy (non-hydrogen) atoms. The van der Waals surface area contributed by atoms with Gasteiger partial charge in [0.25, 0.3) is 15.9 Å². The molecule has 1 N–H and O–H groups in total. The van der Waals surface area contributed by atoms with Crippen LogP contribution in [0.2, 0.25) is 0 Å². The van der Waals surface area contributed by atoms with E-state index in [1.165, 1.54) is 24.1 Å². The van der Waals surface area contributed by atoms with Crippen molar-refractivity contribution in [3.05, 3.63) is 65.2 Å². The van der Waals surface area contributed by atoms with Gasteiger partial charge in [0.2, 0.25) is 11.8 Å². The lowest BCUT2D eigenvalue weighted by Crippen LogP contribution is -2.46. The first-order valence-electron chi connectivity index (χ1n) is 10.4. The number of hydrogen-bond donors (Lipinski definition) is 1. The molecule has 1 aliphatic rings. The van der Waals surface area contributed by atoms with E-state index < -0.39 is 22.0 Å². The Morgan fingerprint density at radius 1 is 1.09 bits per heavy atom. The van der Waals surface area contributed by atoms with Crippen LogP contribution in [-0.2, 0) is 26.2 Å². The number of fused-ring (bicyclic) bond motifs is 1. The van der Waals surface area contributed by atoms with Crippen LogP contribution in [0.15, 0.2) is 53.4 Å². The number of hydrogen-bond acceptors (Lipinski definition) is 5. The monoisotopic (exact) mass is 457 g/mol. The van der Waals surface area contributed by atoms with Crippen molar-refractivity contribution >= 4 is 27.7 Å². The summed E-state index contributed by atoms with van der Waals surface area (Å²) in [7, 11) is -2.40. The molecule has 1 heterocycles. The fraction of sp³-hybridized carbons (Fsp3) is 0.348. The fourth-order valence-electron chi connectivity index (χ4n) is 3.65. The minimum atomic E-state index is -3.91. The summed E-state index contributed by atoms with van der Waals surface area (Å²) in [4.78, 5) is 39.2. The second-order valence-electron chi connectivity index (χ2n) is 7.78. The first kappa shape index (κ1) is 23.5. The van der Waals surface area contributed by atoms with E-state index in [9.17, 15) is 22.8 Å². The van der Waals surface area contributed by atoms with Gasteiger partial charge in [-0.05, 0) is 38.0 Å². The van der Waals surface area contributed by atoms with E-state index in [0.717, 1.165) is 15.4 Å². The molecule has 0 saturated heterocycles. The van der Waals surface area contributed by atoms with Crippen LogP contribution in [0.5, 0.6) is 0 Å². The van der Waals surface area contributed by atoms with Gasteiger partial charge < -0.3 is 10.2 Å². The van der Waals surface area contributed by atoms with Crippen molar-refractivity contribution < 1.29 is 22.8 Å². The predicted octanol–water partition coefficient (Wildman–Crippen LogP) is 2.08. The molecule has 0 radical (unpaired) electrons. The summed E-state index contributed by atoms with van der Waals surface area (Å²) < 4.78 is 26.1. The Balaban J connectivity index is 1.69. The highest BCUT2D eigenvalue weighted by molar-refractivity contribution is 7.90. The van der Waals surface area contributed by atoms with E-state index in [2.05, 4.69) is 5.32 Å². The largest absolute Gasteiger partial charge is 0.357 e. The minimum Gasteiger partial charge on any atom is -0.357 e. The lowest BCUT2D eigenvalue weighted by molar-refractivity contribution is -0.140.